The molecule has 0 spiro atoms. The lowest BCUT2D eigenvalue weighted by Gasteiger charge is -2.21. The molecule has 2 aromatic rings. The van der Waals surface area contributed by atoms with Crippen molar-refractivity contribution in [2.24, 2.45) is 0 Å². The summed E-state index contributed by atoms with van der Waals surface area (Å²) in [6.45, 7) is 2.67. The first-order valence-electron chi connectivity index (χ1n) is 6.58. The molecule has 1 N–H and O–H groups in total. The number of carbonyl (C=O) groups is 1. The van der Waals surface area contributed by atoms with E-state index >= 15 is 0 Å². The summed E-state index contributed by atoms with van der Waals surface area (Å²) in [7, 11) is 0. The number of thiazole rings is 1. The number of nitro groups is 1. The third-order valence-corrected chi connectivity index (χ3v) is 4.01. The number of nitro benzene ring substituents is 1. The molecule has 0 aliphatic rings. The molecule has 0 aliphatic carbocycles. The Balaban J connectivity index is 2.14. The smallest absolute Gasteiger partial charge is 0.305 e. The number of anilines is 1. The fourth-order valence-electron chi connectivity index (χ4n) is 1.90. The number of benzene rings is 1. The van der Waals surface area contributed by atoms with Crippen LogP contribution < -0.4 is 4.90 Å². The summed E-state index contributed by atoms with van der Waals surface area (Å²) in [5.74, 6) is -0.873. The molecule has 7 nitrogen and oxygen atoms in total. The van der Waals surface area contributed by atoms with Gasteiger partial charge < -0.3 is 10.0 Å². The Morgan fingerprint density at radius 3 is 2.59 bits per heavy atom. The summed E-state index contributed by atoms with van der Waals surface area (Å²) in [6.07, 6.45) is 0.00556. The zero-order valence-electron chi connectivity index (χ0n) is 11.9. The topological polar surface area (TPSA) is 96.6 Å². The average Bonchev–Trinajstić information content (AvgIpc) is 2.90. The minimum absolute atomic E-state index is 0.00556. The number of hydrogen-bond acceptors (Lipinski definition) is 6. The van der Waals surface area contributed by atoms with E-state index in [1.165, 1.54) is 23.5 Å². The van der Waals surface area contributed by atoms with Gasteiger partial charge in [0.15, 0.2) is 5.13 Å². The summed E-state index contributed by atoms with van der Waals surface area (Å²) in [6, 6.07) is 6.23. The fourth-order valence-corrected chi connectivity index (χ4v) is 2.73. The van der Waals surface area contributed by atoms with E-state index in [-0.39, 0.29) is 12.1 Å². The van der Waals surface area contributed by atoms with Crippen LogP contribution in [0.3, 0.4) is 0 Å². The van der Waals surface area contributed by atoms with Gasteiger partial charge in [-0.25, -0.2) is 4.98 Å². The third kappa shape index (κ3) is 4.26. The number of carboxylic acids is 1. The molecule has 0 unspecified atom stereocenters. The lowest BCUT2D eigenvalue weighted by molar-refractivity contribution is -0.384. The van der Waals surface area contributed by atoms with Crippen LogP contribution in [0.25, 0.3) is 0 Å². The Morgan fingerprint density at radius 2 is 2.09 bits per heavy atom. The van der Waals surface area contributed by atoms with E-state index < -0.39 is 10.9 Å². The molecule has 1 aromatic carbocycles. The van der Waals surface area contributed by atoms with E-state index in [1.807, 2.05) is 17.2 Å². The Labute approximate surface area is 131 Å². The molecule has 2 rings (SSSR count). The molecule has 22 heavy (non-hydrogen) atoms. The number of rotatable bonds is 7. The largest absolute Gasteiger partial charge is 0.481 e. The number of hydrogen-bond donors (Lipinski definition) is 1. The van der Waals surface area contributed by atoms with Gasteiger partial charge in [-0.2, -0.15) is 0 Å². The fraction of sp³-hybridized carbons (Fsp3) is 0.286. The van der Waals surface area contributed by atoms with Crippen molar-refractivity contribution in [1.82, 2.24) is 4.98 Å². The van der Waals surface area contributed by atoms with E-state index in [0.717, 1.165) is 16.4 Å². The summed E-state index contributed by atoms with van der Waals surface area (Å²) >= 11 is 1.45. The number of aromatic nitrogens is 1. The predicted molar refractivity (Wildman–Crippen MR) is 83.3 cm³/mol. The first kappa shape index (κ1) is 15.9. The highest BCUT2D eigenvalue weighted by molar-refractivity contribution is 7.13. The minimum Gasteiger partial charge on any atom is -0.481 e. The number of aryl methyl sites for hydroxylation is 1. The van der Waals surface area contributed by atoms with Gasteiger partial charge in [-0.3, -0.25) is 14.9 Å². The number of aliphatic carboxylic acids is 1. The quantitative estimate of drug-likeness (QED) is 0.622. The van der Waals surface area contributed by atoms with Gasteiger partial charge in [-0.1, -0.05) is 12.1 Å². The van der Waals surface area contributed by atoms with Crippen LogP contribution in [0, 0.1) is 17.0 Å². The van der Waals surface area contributed by atoms with Crippen LogP contribution >= 0.6 is 11.3 Å². The molecule has 0 bridgehead atoms. The molecule has 0 aliphatic heterocycles. The van der Waals surface area contributed by atoms with Crippen molar-refractivity contribution in [3.05, 3.63) is 51.0 Å². The van der Waals surface area contributed by atoms with Crippen LogP contribution in [0.4, 0.5) is 10.8 Å². The molecule has 0 saturated carbocycles. The van der Waals surface area contributed by atoms with Gasteiger partial charge in [-0.15, -0.1) is 11.3 Å². The van der Waals surface area contributed by atoms with Crippen LogP contribution in [-0.4, -0.2) is 27.5 Å². The summed E-state index contributed by atoms with van der Waals surface area (Å²) in [5, 5.41) is 22.2. The monoisotopic (exact) mass is 321 g/mol. The zero-order chi connectivity index (χ0) is 16.1. The second-order valence-corrected chi connectivity index (χ2v) is 5.60. The first-order valence-corrected chi connectivity index (χ1v) is 7.46. The predicted octanol–water partition coefficient (Wildman–Crippen LogP) is 2.84. The SMILES string of the molecule is Cc1csc(N(CCC(=O)O)Cc2ccc([N+](=O)[O-])cc2)n1. The molecule has 0 fully saturated rings. The summed E-state index contributed by atoms with van der Waals surface area (Å²) < 4.78 is 0. The molecule has 116 valence electrons. The van der Waals surface area contributed by atoms with Crippen molar-refractivity contribution in [3.63, 3.8) is 0 Å². The van der Waals surface area contributed by atoms with Crippen LogP contribution in [0.5, 0.6) is 0 Å². The van der Waals surface area contributed by atoms with Crippen molar-refractivity contribution in [1.29, 1.82) is 0 Å². The van der Waals surface area contributed by atoms with Crippen molar-refractivity contribution >= 4 is 28.1 Å². The van der Waals surface area contributed by atoms with E-state index in [0.29, 0.717) is 13.1 Å². The summed E-state index contributed by atoms with van der Waals surface area (Å²) in [5.41, 5.74) is 1.78. The number of non-ortho nitro benzene ring substituents is 1. The highest BCUT2D eigenvalue weighted by Gasteiger charge is 2.13. The van der Waals surface area contributed by atoms with Gasteiger partial charge >= 0.3 is 5.97 Å². The highest BCUT2D eigenvalue weighted by atomic mass is 32.1. The third-order valence-electron chi connectivity index (χ3n) is 2.99. The maximum atomic E-state index is 10.8. The van der Waals surface area contributed by atoms with Gasteiger partial charge in [0.2, 0.25) is 0 Å². The van der Waals surface area contributed by atoms with E-state index in [9.17, 15) is 14.9 Å². The molecule has 8 heteroatoms. The van der Waals surface area contributed by atoms with Crippen LogP contribution in [0.2, 0.25) is 0 Å². The van der Waals surface area contributed by atoms with Gasteiger partial charge in [0.25, 0.3) is 5.69 Å². The summed E-state index contributed by atoms with van der Waals surface area (Å²) in [4.78, 5) is 27.2. The van der Waals surface area contributed by atoms with Crippen LogP contribution in [0.1, 0.15) is 17.7 Å². The molecule has 0 atom stereocenters. The number of nitrogens with zero attached hydrogens (tertiary/aromatic N) is 3. The van der Waals surface area contributed by atoms with Gasteiger partial charge in [0.1, 0.15) is 0 Å². The number of carboxylic acid groups (broad SMARTS) is 1. The van der Waals surface area contributed by atoms with Crippen LogP contribution in [-0.2, 0) is 11.3 Å². The Morgan fingerprint density at radius 1 is 1.41 bits per heavy atom. The molecule has 1 heterocycles. The second kappa shape index (κ2) is 6.99. The molecular weight excluding hydrogens is 306 g/mol. The van der Waals surface area contributed by atoms with Gasteiger partial charge in [-0.05, 0) is 12.5 Å². The molecule has 0 amide bonds. The Bertz CT molecular complexity index is 669. The van der Waals surface area contributed by atoms with E-state index in [4.69, 9.17) is 5.11 Å². The zero-order valence-corrected chi connectivity index (χ0v) is 12.7. The Hall–Kier alpha value is -2.48. The van der Waals surface area contributed by atoms with Crippen molar-refractivity contribution in [3.8, 4) is 0 Å². The average molecular weight is 321 g/mol. The van der Waals surface area contributed by atoms with Crippen LogP contribution in [0.15, 0.2) is 29.6 Å². The molecule has 1 aromatic heterocycles. The second-order valence-electron chi connectivity index (χ2n) is 4.76. The highest BCUT2D eigenvalue weighted by Crippen LogP contribution is 2.23. The maximum Gasteiger partial charge on any atom is 0.305 e. The van der Waals surface area contributed by atoms with Crippen molar-refractivity contribution < 1.29 is 14.8 Å². The van der Waals surface area contributed by atoms with Crippen molar-refractivity contribution in [2.45, 2.75) is 19.9 Å². The maximum absolute atomic E-state index is 10.8. The first-order chi connectivity index (χ1) is 10.5. The normalized spacial score (nSPS) is 10.4. The lowest BCUT2D eigenvalue weighted by atomic mass is 10.2. The van der Waals surface area contributed by atoms with E-state index in [1.54, 1.807) is 12.1 Å². The van der Waals surface area contributed by atoms with Gasteiger partial charge in [0, 0.05) is 30.6 Å². The lowest BCUT2D eigenvalue weighted by Crippen LogP contribution is -2.25. The standard InChI is InChI=1S/C14H15N3O4S/c1-10-9-22-14(15-10)16(7-6-13(18)19)8-11-2-4-12(5-3-11)17(20)21/h2-5,9H,6-8H2,1H3,(H,18,19). The molecular formula is C14H15N3O4S. The minimum atomic E-state index is -0.873. The van der Waals surface area contributed by atoms with Gasteiger partial charge in [0.05, 0.1) is 17.0 Å². The molecule has 0 radical (unpaired) electrons. The molecule has 0 saturated heterocycles. The van der Waals surface area contributed by atoms with E-state index in [2.05, 4.69) is 4.98 Å². The van der Waals surface area contributed by atoms with Crippen molar-refractivity contribution in [2.75, 3.05) is 11.4 Å². The Kier molecular flexibility index (Phi) is 5.05.